The zero-order valence-electron chi connectivity index (χ0n) is 12.8. The van der Waals surface area contributed by atoms with Crippen molar-refractivity contribution >= 4 is 34.2 Å². The summed E-state index contributed by atoms with van der Waals surface area (Å²) in [5.74, 6) is 0. The Hall–Kier alpha value is -0.310. The van der Waals surface area contributed by atoms with E-state index in [4.69, 9.17) is 4.74 Å². The first-order valence-corrected chi connectivity index (χ1v) is 9.60. The number of benzene rings is 1. The van der Waals surface area contributed by atoms with E-state index in [1.54, 1.807) is 25.3 Å². The van der Waals surface area contributed by atoms with Crippen molar-refractivity contribution < 1.29 is 13.2 Å². The van der Waals surface area contributed by atoms with Gasteiger partial charge in [-0.3, -0.25) is 0 Å². The molecule has 1 aliphatic rings. The second kappa shape index (κ2) is 8.52. The Balaban J connectivity index is 0.00000242. The monoisotopic (exact) mass is 366 g/mol. The fourth-order valence-corrected chi connectivity index (χ4v) is 4.26. The molecule has 1 atom stereocenters. The van der Waals surface area contributed by atoms with Gasteiger partial charge in [0.15, 0.2) is 0 Å². The molecule has 0 radical (unpaired) electrons. The van der Waals surface area contributed by atoms with Gasteiger partial charge in [-0.05, 0) is 43.8 Å². The van der Waals surface area contributed by atoms with Gasteiger partial charge in [-0.1, -0.05) is 6.07 Å². The molecule has 2 N–H and O–H groups in total. The molecule has 0 saturated carbocycles. The SMILES string of the molecule is COCC1(CNS(=O)(=O)c2cccc(SC)c2)CCCN1.Cl. The standard InChI is InChI=1S/C14H22N2O3S2.ClH/c1-19-11-14(7-4-8-15-14)10-16-21(17,18)13-6-3-5-12(9-13)20-2;/h3,5-6,9,15-16H,4,7-8,10-11H2,1-2H3;1H. The van der Waals surface area contributed by atoms with Gasteiger partial charge in [0.05, 0.1) is 17.0 Å². The summed E-state index contributed by atoms with van der Waals surface area (Å²) in [7, 11) is -1.86. The van der Waals surface area contributed by atoms with E-state index in [1.165, 1.54) is 11.8 Å². The van der Waals surface area contributed by atoms with Crippen molar-refractivity contribution in [1.82, 2.24) is 10.0 Å². The highest BCUT2D eigenvalue weighted by molar-refractivity contribution is 7.98. The Morgan fingerprint density at radius 1 is 1.45 bits per heavy atom. The van der Waals surface area contributed by atoms with Crippen LogP contribution in [-0.2, 0) is 14.8 Å². The number of rotatable bonds is 7. The fraction of sp³-hybridized carbons (Fsp3) is 0.571. The minimum absolute atomic E-state index is 0. The van der Waals surface area contributed by atoms with E-state index >= 15 is 0 Å². The molecule has 5 nitrogen and oxygen atoms in total. The number of halogens is 1. The number of hydrogen-bond acceptors (Lipinski definition) is 5. The molecule has 1 aromatic carbocycles. The van der Waals surface area contributed by atoms with Gasteiger partial charge in [0, 0.05) is 18.6 Å². The predicted octanol–water partition coefficient (Wildman–Crippen LogP) is 1.88. The van der Waals surface area contributed by atoms with E-state index in [0.29, 0.717) is 18.0 Å². The maximum Gasteiger partial charge on any atom is 0.240 e. The topological polar surface area (TPSA) is 67.4 Å². The van der Waals surface area contributed by atoms with Crippen molar-refractivity contribution in [2.75, 3.05) is 33.1 Å². The van der Waals surface area contributed by atoms with Gasteiger partial charge >= 0.3 is 0 Å². The summed E-state index contributed by atoms with van der Waals surface area (Å²) in [4.78, 5) is 1.24. The second-order valence-corrected chi connectivity index (χ2v) is 7.89. The lowest BCUT2D eigenvalue weighted by molar-refractivity contribution is 0.122. The van der Waals surface area contributed by atoms with E-state index in [2.05, 4.69) is 10.0 Å². The number of sulfonamides is 1. The predicted molar refractivity (Wildman–Crippen MR) is 92.5 cm³/mol. The molecule has 2 rings (SSSR count). The van der Waals surface area contributed by atoms with Crippen LogP contribution in [-0.4, -0.2) is 47.0 Å². The molecule has 0 aromatic heterocycles. The summed E-state index contributed by atoms with van der Waals surface area (Å²) in [5, 5.41) is 3.36. The molecule has 1 aliphatic heterocycles. The lowest BCUT2D eigenvalue weighted by atomic mass is 9.99. The van der Waals surface area contributed by atoms with Gasteiger partial charge < -0.3 is 10.1 Å². The first-order valence-electron chi connectivity index (χ1n) is 6.89. The highest BCUT2D eigenvalue weighted by Crippen LogP contribution is 2.21. The number of hydrogen-bond donors (Lipinski definition) is 2. The highest BCUT2D eigenvalue weighted by Gasteiger charge is 2.34. The number of thioether (sulfide) groups is 1. The van der Waals surface area contributed by atoms with E-state index in [-0.39, 0.29) is 17.9 Å². The molecule has 1 saturated heterocycles. The van der Waals surface area contributed by atoms with Crippen LogP contribution in [0.25, 0.3) is 0 Å². The van der Waals surface area contributed by atoms with Crippen LogP contribution in [0.3, 0.4) is 0 Å². The molecular formula is C14H23ClN2O3S2. The first-order chi connectivity index (χ1) is 10.0. The van der Waals surface area contributed by atoms with Gasteiger partial charge in [-0.15, -0.1) is 24.2 Å². The summed E-state index contributed by atoms with van der Waals surface area (Å²) in [5.41, 5.74) is -0.293. The van der Waals surface area contributed by atoms with E-state index < -0.39 is 10.0 Å². The van der Waals surface area contributed by atoms with Crippen LogP contribution in [0.2, 0.25) is 0 Å². The molecule has 0 aliphatic carbocycles. The van der Waals surface area contributed by atoms with Crippen LogP contribution in [0.1, 0.15) is 12.8 Å². The lowest BCUT2D eigenvalue weighted by Crippen LogP contribution is -2.52. The Morgan fingerprint density at radius 2 is 2.23 bits per heavy atom. The van der Waals surface area contributed by atoms with E-state index in [1.807, 2.05) is 12.3 Å². The quantitative estimate of drug-likeness (QED) is 0.721. The summed E-state index contributed by atoms with van der Waals surface area (Å²) in [6.45, 7) is 1.74. The van der Waals surface area contributed by atoms with Crippen molar-refractivity contribution in [3.05, 3.63) is 24.3 Å². The van der Waals surface area contributed by atoms with Crippen molar-refractivity contribution in [2.45, 2.75) is 28.2 Å². The van der Waals surface area contributed by atoms with Crippen LogP contribution in [0.5, 0.6) is 0 Å². The zero-order valence-corrected chi connectivity index (χ0v) is 15.2. The molecule has 1 fully saturated rings. The van der Waals surface area contributed by atoms with Crippen molar-refractivity contribution in [3.63, 3.8) is 0 Å². The molecule has 1 aromatic rings. The smallest absolute Gasteiger partial charge is 0.240 e. The molecular weight excluding hydrogens is 344 g/mol. The molecule has 0 spiro atoms. The number of ether oxygens (including phenoxy) is 1. The molecule has 0 amide bonds. The average molecular weight is 367 g/mol. The number of methoxy groups -OCH3 is 1. The van der Waals surface area contributed by atoms with Crippen LogP contribution in [0.4, 0.5) is 0 Å². The Kier molecular flexibility index (Phi) is 7.64. The van der Waals surface area contributed by atoms with Crippen LogP contribution in [0.15, 0.2) is 34.1 Å². The zero-order chi connectivity index (χ0) is 15.3. The van der Waals surface area contributed by atoms with E-state index in [9.17, 15) is 8.42 Å². The largest absolute Gasteiger partial charge is 0.383 e. The molecule has 0 bridgehead atoms. The maximum atomic E-state index is 12.4. The third kappa shape index (κ3) is 4.84. The maximum absolute atomic E-state index is 12.4. The average Bonchev–Trinajstić information content (AvgIpc) is 2.95. The molecule has 126 valence electrons. The van der Waals surface area contributed by atoms with Crippen molar-refractivity contribution in [1.29, 1.82) is 0 Å². The normalized spacial score (nSPS) is 21.5. The summed E-state index contributed by atoms with van der Waals surface area (Å²) >= 11 is 1.53. The van der Waals surface area contributed by atoms with Crippen LogP contribution >= 0.6 is 24.2 Å². The van der Waals surface area contributed by atoms with Gasteiger partial charge in [0.1, 0.15) is 0 Å². The Labute approximate surface area is 143 Å². The van der Waals surface area contributed by atoms with E-state index in [0.717, 1.165) is 24.3 Å². The lowest BCUT2D eigenvalue weighted by Gasteiger charge is -2.28. The molecule has 8 heteroatoms. The highest BCUT2D eigenvalue weighted by atomic mass is 35.5. The van der Waals surface area contributed by atoms with Gasteiger partial charge in [-0.2, -0.15) is 0 Å². The van der Waals surface area contributed by atoms with Crippen LogP contribution < -0.4 is 10.0 Å². The second-order valence-electron chi connectivity index (χ2n) is 5.25. The minimum Gasteiger partial charge on any atom is -0.383 e. The third-order valence-corrected chi connectivity index (χ3v) is 5.83. The Morgan fingerprint density at radius 3 is 2.82 bits per heavy atom. The van der Waals surface area contributed by atoms with Crippen LogP contribution in [0, 0.1) is 0 Å². The Bertz CT molecular complexity index is 575. The van der Waals surface area contributed by atoms with Gasteiger partial charge in [0.2, 0.25) is 10.0 Å². The van der Waals surface area contributed by atoms with Gasteiger partial charge in [-0.25, -0.2) is 13.1 Å². The first kappa shape index (κ1) is 19.7. The summed E-state index contributed by atoms with van der Waals surface area (Å²) in [6, 6.07) is 6.97. The summed E-state index contributed by atoms with van der Waals surface area (Å²) < 4.78 is 32.8. The molecule has 1 unspecified atom stereocenters. The van der Waals surface area contributed by atoms with Crippen molar-refractivity contribution in [2.24, 2.45) is 0 Å². The number of nitrogens with one attached hydrogen (secondary N) is 2. The summed E-state index contributed by atoms with van der Waals surface area (Å²) in [6.07, 6.45) is 3.87. The molecule has 22 heavy (non-hydrogen) atoms. The molecule has 1 heterocycles. The third-order valence-electron chi connectivity index (χ3n) is 3.70. The van der Waals surface area contributed by atoms with Gasteiger partial charge in [0.25, 0.3) is 0 Å². The van der Waals surface area contributed by atoms with Crippen molar-refractivity contribution in [3.8, 4) is 0 Å². The minimum atomic E-state index is -3.50. The fourth-order valence-electron chi connectivity index (χ4n) is 2.55.